The normalized spacial score (nSPS) is 25.9. The first-order valence-corrected chi connectivity index (χ1v) is 7.75. The molecule has 0 saturated heterocycles. The van der Waals surface area contributed by atoms with Crippen molar-refractivity contribution < 1.29 is 4.74 Å². The molecule has 0 radical (unpaired) electrons. The minimum Gasteiger partial charge on any atom is -0.496 e. The van der Waals surface area contributed by atoms with Gasteiger partial charge in [-0.2, -0.15) is 0 Å². The van der Waals surface area contributed by atoms with Crippen LogP contribution in [0.3, 0.4) is 0 Å². The number of nitrogens with two attached hydrogens (primary N) is 1. The highest BCUT2D eigenvalue weighted by atomic mass is 32.1. The summed E-state index contributed by atoms with van der Waals surface area (Å²) in [6.07, 6.45) is 6.59. The van der Waals surface area contributed by atoms with Crippen molar-refractivity contribution >= 4 is 11.3 Å². The molecule has 0 amide bonds. The largest absolute Gasteiger partial charge is 0.496 e. The smallest absolute Gasteiger partial charge is 0.129 e. The Labute approximate surface area is 114 Å². The lowest BCUT2D eigenvalue weighted by Gasteiger charge is -2.32. The minimum atomic E-state index is 0.289. The van der Waals surface area contributed by atoms with Crippen LogP contribution in [0.1, 0.15) is 49.9 Å². The zero-order chi connectivity index (χ0) is 13.0. The van der Waals surface area contributed by atoms with Gasteiger partial charge in [0.05, 0.1) is 13.2 Å². The van der Waals surface area contributed by atoms with Gasteiger partial charge < -0.3 is 4.74 Å². The third-order valence-corrected chi connectivity index (χ3v) is 5.25. The first kappa shape index (κ1) is 13.8. The number of thiophene rings is 1. The van der Waals surface area contributed by atoms with E-state index in [2.05, 4.69) is 23.8 Å². The molecule has 1 fully saturated rings. The molecule has 1 aliphatic rings. The number of nitrogens with one attached hydrogen (secondary N) is 1. The number of hydrazine groups is 1. The van der Waals surface area contributed by atoms with Crippen LogP contribution >= 0.6 is 11.3 Å². The Morgan fingerprint density at radius 3 is 2.67 bits per heavy atom. The van der Waals surface area contributed by atoms with E-state index < -0.39 is 0 Å². The maximum atomic E-state index is 5.77. The summed E-state index contributed by atoms with van der Waals surface area (Å²) in [6.45, 7) is 2.30. The van der Waals surface area contributed by atoms with Gasteiger partial charge in [0, 0.05) is 10.3 Å². The van der Waals surface area contributed by atoms with E-state index in [1.165, 1.54) is 37.0 Å². The molecule has 0 spiro atoms. The van der Waals surface area contributed by atoms with Crippen LogP contribution in [-0.2, 0) is 0 Å². The molecule has 1 unspecified atom stereocenters. The van der Waals surface area contributed by atoms with E-state index in [1.54, 1.807) is 18.4 Å². The molecule has 1 aromatic rings. The van der Waals surface area contributed by atoms with Crippen molar-refractivity contribution in [2.24, 2.45) is 17.7 Å². The van der Waals surface area contributed by atoms with E-state index in [0.29, 0.717) is 5.92 Å². The maximum absolute atomic E-state index is 5.77. The molecule has 102 valence electrons. The number of hydrogen-bond acceptors (Lipinski definition) is 4. The summed E-state index contributed by atoms with van der Waals surface area (Å²) in [5.74, 6) is 8.31. The fourth-order valence-corrected chi connectivity index (χ4v) is 3.99. The van der Waals surface area contributed by atoms with Gasteiger partial charge in [0.1, 0.15) is 5.75 Å². The number of rotatable bonds is 5. The molecule has 1 aliphatic carbocycles. The van der Waals surface area contributed by atoms with Gasteiger partial charge in [-0.1, -0.05) is 26.2 Å². The number of ether oxygens (including phenoxy) is 1. The second kappa shape index (κ2) is 6.55. The zero-order valence-corrected chi connectivity index (χ0v) is 12.1. The highest BCUT2D eigenvalue weighted by Crippen LogP contribution is 2.40. The molecule has 18 heavy (non-hydrogen) atoms. The summed E-state index contributed by atoms with van der Waals surface area (Å²) in [7, 11) is 1.71. The van der Waals surface area contributed by atoms with E-state index in [-0.39, 0.29) is 6.04 Å². The summed E-state index contributed by atoms with van der Waals surface area (Å²) in [4.78, 5) is 1.30. The van der Waals surface area contributed by atoms with Crippen molar-refractivity contribution in [1.82, 2.24) is 5.43 Å². The average molecular weight is 268 g/mol. The minimum absolute atomic E-state index is 0.289. The Kier molecular flexibility index (Phi) is 5.03. The van der Waals surface area contributed by atoms with Crippen LogP contribution in [0.15, 0.2) is 11.4 Å². The molecule has 1 heterocycles. The van der Waals surface area contributed by atoms with Crippen molar-refractivity contribution in [2.75, 3.05) is 7.11 Å². The van der Waals surface area contributed by atoms with Crippen LogP contribution in [0, 0.1) is 11.8 Å². The lowest BCUT2D eigenvalue weighted by Crippen LogP contribution is -2.34. The molecule has 0 aliphatic heterocycles. The molecule has 2 rings (SSSR count). The van der Waals surface area contributed by atoms with Crippen molar-refractivity contribution in [1.29, 1.82) is 0 Å². The molecule has 4 heteroatoms. The Hall–Kier alpha value is -0.580. The zero-order valence-electron chi connectivity index (χ0n) is 11.3. The Balaban J connectivity index is 2.00. The topological polar surface area (TPSA) is 47.3 Å². The van der Waals surface area contributed by atoms with Crippen LogP contribution in [-0.4, -0.2) is 7.11 Å². The van der Waals surface area contributed by atoms with E-state index in [4.69, 9.17) is 10.6 Å². The fraction of sp³-hybridized carbons (Fsp3) is 0.714. The third kappa shape index (κ3) is 3.05. The van der Waals surface area contributed by atoms with E-state index >= 15 is 0 Å². The number of hydrogen-bond donors (Lipinski definition) is 2. The highest BCUT2D eigenvalue weighted by molar-refractivity contribution is 7.10. The molecule has 1 saturated carbocycles. The van der Waals surface area contributed by atoms with Gasteiger partial charge in [-0.3, -0.25) is 11.3 Å². The van der Waals surface area contributed by atoms with Gasteiger partial charge in [0.25, 0.3) is 0 Å². The van der Waals surface area contributed by atoms with Crippen LogP contribution in [0.2, 0.25) is 0 Å². The van der Waals surface area contributed by atoms with Gasteiger partial charge in [0.2, 0.25) is 0 Å². The van der Waals surface area contributed by atoms with E-state index in [1.807, 2.05) is 0 Å². The van der Waals surface area contributed by atoms with Crippen LogP contribution < -0.4 is 16.0 Å². The van der Waals surface area contributed by atoms with E-state index in [9.17, 15) is 0 Å². The summed E-state index contributed by atoms with van der Waals surface area (Å²) in [5.41, 5.74) is 3.01. The molecule has 1 aromatic heterocycles. The molecule has 0 bridgehead atoms. The lowest BCUT2D eigenvalue weighted by atomic mass is 9.77. The molecular weight excluding hydrogens is 244 g/mol. The van der Waals surface area contributed by atoms with Gasteiger partial charge in [-0.15, -0.1) is 11.3 Å². The fourth-order valence-electron chi connectivity index (χ4n) is 2.98. The predicted molar refractivity (Wildman–Crippen MR) is 76.7 cm³/mol. The molecule has 0 aromatic carbocycles. The second-order valence-electron chi connectivity index (χ2n) is 5.22. The summed E-state index contributed by atoms with van der Waals surface area (Å²) in [5, 5.41) is 2.05. The van der Waals surface area contributed by atoms with Crippen molar-refractivity contribution in [2.45, 2.75) is 45.1 Å². The molecule has 3 N–H and O–H groups in total. The van der Waals surface area contributed by atoms with Crippen molar-refractivity contribution in [3.63, 3.8) is 0 Å². The summed E-state index contributed by atoms with van der Waals surface area (Å²) < 4.78 is 5.25. The Morgan fingerprint density at radius 1 is 1.44 bits per heavy atom. The van der Waals surface area contributed by atoms with Crippen molar-refractivity contribution in [3.8, 4) is 5.75 Å². The van der Waals surface area contributed by atoms with Gasteiger partial charge in [-0.05, 0) is 30.7 Å². The highest BCUT2D eigenvalue weighted by Gasteiger charge is 2.28. The van der Waals surface area contributed by atoms with Crippen molar-refractivity contribution in [3.05, 3.63) is 16.3 Å². The summed E-state index contributed by atoms with van der Waals surface area (Å²) in [6, 6.07) is 2.40. The Morgan fingerprint density at radius 2 is 2.17 bits per heavy atom. The third-order valence-electron chi connectivity index (χ3n) is 4.26. The average Bonchev–Trinajstić information content (AvgIpc) is 2.89. The van der Waals surface area contributed by atoms with Crippen LogP contribution in [0.5, 0.6) is 5.75 Å². The SMILES string of the molecule is CCC1CCC(C(NN)c2cc(OC)cs2)CC1. The molecule has 1 atom stereocenters. The second-order valence-corrected chi connectivity index (χ2v) is 6.17. The van der Waals surface area contributed by atoms with E-state index in [0.717, 1.165) is 11.7 Å². The Bertz CT molecular complexity index is 358. The van der Waals surface area contributed by atoms with Gasteiger partial charge in [0.15, 0.2) is 0 Å². The van der Waals surface area contributed by atoms with Gasteiger partial charge >= 0.3 is 0 Å². The molecule has 3 nitrogen and oxygen atoms in total. The molecular formula is C14H24N2OS. The lowest BCUT2D eigenvalue weighted by molar-refractivity contribution is 0.221. The quantitative estimate of drug-likeness (QED) is 0.635. The van der Waals surface area contributed by atoms with Crippen LogP contribution in [0.25, 0.3) is 0 Å². The predicted octanol–water partition coefficient (Wildman–Crippen LogP) is 3.48. The van der Waals surface area contributed by atoms with Gasteiger partial charge in [-0.25, -0.2) is 0 Å². The standard InChI is InChI=1S/C14H24N2OS/c1-3-10-4-6-11(7-5-10)14(16-15)13-8-12(17-2)9-18-13/h8-11,14,16H,3-7,15H2,1-2H3. The monoisotopic (exact) mass is 268 g/mol. The summed E-state index contributed by atoms with van der Waals surface area (Å²) >= 11 is 1.74. The first-order valence-electron chi connectivity index (χ1n) is 6.87. The first-order chi connectivity index (χ1) is 8.78. The maximum Gasteiger partial charge on any atom is 0.129 e. The van der Waals surface area contributed by atoms with Crippen LogP contribution in [0.4, 0.5) is 0 Å². The number of methoxy groups -OCH3 is 1.